The van der Waals surface area contributed by atoms with Crippen molar-refractivity contribution >= 4 is 29.3 Å². The van der Waals surface area contributed by atoms with Crippen LogP contribution in [-0.4, -0.2) is 24.2 Å². The number of thioether (sulfide) groups is 1. The number of benzene rings is 1. The van der Waals surface area contributed by atoms with Crippen molar-refractivity contribution in [2.75, 3.05) is 17.7 Å². The van der Waals surface area contributed by atoms with Crippen LogP contribution in [0.4, 0.5) is 5.69 Å². The van der Waals surface area contributed by atoms with Gasteiger partial charge >= 0.3 is 5.97 Å². The van der Waals surface area contributed by atoms with Gasteiger partial charge in [0.25, 0.3) is 0 Å². The first kappa shape index (κ1) is 15.6. The van der Waals surface area contributed by atoms with E-state index in [4.69, 9.17) is 4.74 Å². The van der Waals surface area contributed by atoms with Crippen LogP contribution < -0.4 is 5.32 Å². The number of ether oxygens (including phenoxy) is 1. The van der Waals surface area contributed by atoms with Crippen molar-refractivity contribution in [2.45, 2.75) is 31.6 Å². The van der Waals surface area contributed by atoms with Crippen molar-refractivity contribution in [2.24, 2.45) is 0 Å². The fraction of sp³-hybridized carbons (Fsp3) is 0.429. The molecule has 4 nitrogen and oxygen atoms in total. The van der Waals surface area contributed by atoms with Crippen LogP contribution in [-0.2, 0) is 14.3 Å². The highest BCUT2D eigenvalue weighted by Gasteiger charge is 2.02. The monoisotopic (exact) mass is 281 g/mol. The van der Waals surface area contributed by atoms with E-state index in [-0.39, 0.29) is 11.9 Å². The second-order valence-electron chi connectivity index (χ2n) is 3.96. The summed E-state index contributed by atoms with van der Waals surface area (Å²) in [5, 5.41) is 2.72. The van der Waals surface area contributed by atoms with Gasteiger partial charge in [-0.3, -0.25) is 9.59 Å². The number of amides is 1. The molecule has 0 bridgehead atoms. The van der Waals surface area contributed by atoms with Gasteiger partial charge in [-0.25, -0.2) is 0 Å². The van der Waals surface area contributed by atoms with Gasteiger partial charge in [-0.1, -0.05) is 0 Å². The highest BCUT2D eigenvalue weighted by Crippen LogP contribution is 2.21. The third-order valence-corrected chi connectivity index (χ3v) is 3.37. The zero-order chi connectivity index (χ0) is 14.1. The lowest BCUT2D eigenvalue weighted by molar-refractivity contribution is -0.143. The molecular weight excluding hydrogens is 262 g/mol. The van der Waals surface area contributed by atoms with Gasteiger partial charge in [-0.05, 0) is 43.4 Å². The molecule has 0 saturated heterocycles. The summed E-state index contributed by atoms with van der Waals surface area (Å²) in [5.74, 6) is 0.664. The Labute approximate surface area is 117 Å². The average molecular weight is 281 g/mol. The van der Waals surface area contributed by atoms with E-state index in [0.717, 1.165) is 22.8 Å². The largest absolute Gasteiger partial charge is 0.466 e. The van der Waals surface area contributed by atoms with E-state index in [9.17, 15) is 9.59 Å². The molecule has 0 aliphatic heterocycles. The quantitative estimate of drug-likeness (QED) is 0.474. The van der Waals surface area contributed by atoms with E-state index in [2.05, 4.69) is 5.32 Å². The topological polar surface area (TPSA) is 55.4 Å². The van der Waals surface area contributed by atoms with E-state index < -0.39 is 0 Å². The summed E-state index contributed by atoms with van der Waals surface area (Å²) < 4.78 is 4.86. The zero-order valence-corrected chi connectivity index (χ0v) is 12.1. The van der Waals surface area contributed by atoms with E-state index in [0.29, 0.717) is 13.0 Å². The van der Waals surface area contributed by atoms with Crippen LogP contribution in [0, 0.1) is 0 Å². The van der Waals surface area contributed by atoms with Crippen LogP contribution in [0.1, 0.15) is 26.7 Å². The molecule has 1 amide bonds. The zero-order valence-electron chi connectivity index (χ0n) is 11.3. The normalized spacial score (nSPS) is 10.0. The minimum absolute atomic E-state index is 0.0742. The van der Waals surface area contributed by atoms with Crippen LogP contribution in [0.3, 0.4) is 0 Å². The predicted octanol–water partition coefficient (Wildman–Crippen LogP) is 3.08. The van der Waals surface area contributed by atoms with Crippen LogP contribution >= 0.6 is 11.8 Å². The Balaban J connectivity index is 2.26. The van der Waals surface area contributed by atoms with Gasteiger partial charge in [0.2, 0.25) is 5.91 Å². The molecule has 1 rings (SSSR count). The standard InChI is InChI=1S/C14H19NO3S/c1-3-18-14(17)5-4-10-19-13-8-6-12(7-9-13)15-11(2)16/h6-9H,3-5,10H2,1-2H3,(H,15,16). The SMILES string of the molecule is CCOC(=O)CCCSc1ccc(NC(C)=O)cc1. The molecule has 104 valence electrons. The molecule has 0 unspecified atom stereocenters. The van der Waals surface area contributed by atoms with Gasteiger partial charge in [0, 0.05) is 23.9 Å². The van der Waals surface area contributed by atoms with E-state index in [1.165, 1.54) is 6.92 Å². The summed E-state index contributed by atoms with van der Waals surface area (Å²) in [6, 6.07) is 7.66. The fourth-order valence-electron chi connectivity index (χ4n) is 1.48. The molecule has 0 saturated carbocycles. The Morgan fingerprint density at radius 1 is 1.26 bits per heavy atom. The average Bonchev–Trinajstić information content (AvgIpc) is 2.36. The smallest absolute Gasteiger partial charge is 0.305 e. The molecular formula is C14H19NO3S. The second-order valence-corrected chi connectivity index (χ2v) is 5.13. The molecule has 5 heteroatoms. The molecule has 0 radical (unpaired) electrons. The lowest BCUT2D eigenvalue weighted by Crippen LogP contribution is -2.05. The number of rotatable bonds is 7. The predicted molar refractivity (Wildman–Crippen MR) is 77.3 cm³/mol. The number of nitrogens with one attached hydrogen (secondary N) is 1. The Kier molecular flexibility index (Phi) is 7.03. The molecule has 0 spiro atoms. The lowest BCUT2D eigenvalue weighted by Gasteiger charge is -2.05. The fourth-order valence-corrected chi connectivity index (χ4v) is 2.33. The first-order chi connectivity index (χ1) is 9.11. The maximum absolute atomic E-state index is 11.1. The molecule has 1 N–H and O–H groups in total. The number of carbonyl (C=O) groups is 2. The Hall–Kier alpha value is -1.49. The van der Waals surface area contributed by atoms with Crippen LogP contribution in [0.2, 0.25) is 0 Å². The number of anilines is 1. The van der Waals surface area contributed by atoms with Gasteiger partial charge in [0.05, 0.1) is 6.61 Å². The molecule has 0 atom stereocenters. The maximum atomic E-state index is 11.1. The third kappa shape index (κ3) is 6.86. The van der Waals surface area contributed by atoms with Gasteiger partial charge in [0.1, 0.15) is 0 Å². The minimum Gasteiger partial charge on any atom is -0.466 e. The minimum atomic E-state index is -0.135. The van der Waals surface area contributed by atoms with E-state index >= 15 is 0 Å². The van der Waals surface area contributed by atoms with Gasteiger partial charge in [-0.15, -0.1) is 11.8 Å². The highest BCUT2D eigenvalue weighted by atomic mass is 32.2. The molecule has 1 aromatic rings. The van der Waals surface area contributed by atoms with Crippen LogP contribution in [0.25, 0.3) is 0 Å². The maximum Gasteiger partial charge on any atom is 0.305 e. The van der Waals surface area contributed by atoms with Crippen molar-refractivity contribution in [3.05, 3.63) is 24.3 Å². The van der Waals surface area contributed by atoms with Crippen LogP contribution in [0.5, 0.6) is 0 Å². The molecule has 19 heavy (non-hydrogen) atoms. The first-order valence-electron chi connectivity index (χ1n) is 6.28. The van der Waals surface area contributed by atoms with E-state index in [1.54, 1.807) is 11.8 Å². The summed E-state index contributed by atoms with van der Waals surface area (Å²) in [4.78, 5) is 23.1. The van der Waals surface area contributed by atoms with Crippen molar-refractivity contribution in [1.82, 2.24) is 0 Å². The molecule has 0 heterocycles. The number of hydrogen-bond donors (Lipinski definition) is 1. The third-order valence-electron chi connectivity index (χ3n) is 2.27. The number of carbonyl (C=O) groups excluding carboxylic acids is 2. The molecule has 0 aromatic heterocycles. The molecule has 1 aromatic carbocycles. The molecule has 0 aliphatic rings. The van der Waals surface area contributed by atoms with Crippen molar-refractivity contribution in [3.63, 3.8) is 0 Å². The molecule has 0 fully saturated rings. The van der Waals surface area contributed by atoms with Gasteiger partial charge in [0.15, 0.2) is 0 Å². The van der Waals surface area contributed by atoms with E-state index in [1.807, 2.05) is 31.2 Å². The number of hydrogen-bond acceptors (Lipinski definition) is 4. The van der Waals surface area contributed by atoms with Gasteiger partial charge < -0.3 is 10.1 Å². The summed E-state index contributed by atoms with van der Waals surface area (Å²) in [6.45, 7) is 3.73. The first-order valence-corrected chi connectivity index (χ1v) is 7.26. The summed E-state index contributed by atoms with van der Waals surface area (Å²) in [6.07, 6.45) is 1.27. The van der Waals surface area contributed by atoms with Crippen LogP contribution in [0.15, 0.2) is 29.2 Å². The highest BCUT2D eigenvalue weighted by molar-refractivity contribution is 7.99. The Bertz CT molecular complexity index is 417. The summed E-state index contributed by atoms with van der Waals surface area (Å²) in [7, 11) is 0. The van der Waals surface area contributed by atoms with Crippen molar-refractivity contribution in [3.8, 4) is 0 Å². The lowest BCUT2D eigenvalue weighted by atomic mass is 10.3. The molecule has 0 aliphatic carbocycles. The van der Waals surface area contributed by atoms with Gasteiger partial charge in [-0.2, -0.15) is 0 Å². The Morgan fingerprint density at radius 2 is 1.95 bits per heavy atom. The van der Waals surface area contributed by atoms with Crippen molar-refractivity contribution in [1.29, 1.82) is 0 Å². The summed E-state index contributed by atoms with van der Waals surface area (Å²) >= 11 is 1.69. The second kappa shape index (κ2) is 8.58. The number of esters is 1. The summed E-state index contributed by atoms with van der Waals surface area (Å²) in [5.41, 5.74) is 0.795. The van der Waals surface area contributed by atoms with Crippen molar-refractivity contribution < 1.29 is 14.3 Å². The Morgan fingerprint density at radius 3 is 2.53 bits per heavy atom.